The van der Waals surface area contributed by atoms with Crippen LogP contribution in [0.15, 0.2) is 57.0 Å². The standard InChI is InChI=1S/C21H21ClN6O2S/c1-3-18-25-16-10-9-15(11-17(16)31-18)24-19-27(12-13-5-7-14(22)8-6-13)20(29)26(4-2)21(30)28(19)23/h5-11H,3-4,12,23H2,1-2H3. The second-order valence-electron chi connectivity index (χ2n) is 6.92. The summed E-state index contributed by atoms with van der Waals surface area (Å²) in [4.78, 5) is 34.8. The van der Waals surface area contributed by atoms with E-state index in [1.54, 1.807) is 36.5 Å². The van der Waals surface area contributed by atoms with Crippen LogP contribution in [0.4, 0.5) is 5.69 Å². The molecule has 160 valence electrons. The van der Waals surface area contributed by atoms with Crippen molar-refractivity contribution in [2.75, 3.05) is 5.84 Å². The summed E-state index contributed by atoms with van der Waals surface area (Å²) >= 11 is 7.57. The third kappa shape index (κ3) is 4.06. The van der Waals surface area contributed by atoms with Crippen molar-refractivity contribution in [2.24, 2.45) is 4.99 Å². The Bertz CT molecular complexity index is 1450. The second kappa shape index (κ2) is 8.52. The van der Waals surface area contributed by atoms with E-state index in [0.717, 1.165) is 36.5 Å². The summed E-state index contributed by atoms with van der Waals surface area (Å²) in [6.07, 6.45) is 0.852. The Hall–Kier alpha value is -3.17. The zero-order chi connectivity index (χ0) is 22.1. The van der Waals surface area contributed by atoms with Gasteiger partial charge in [0, 0.05) is 11.6 Å². The van der Waals surface area contributed by atoms with E-state index in [2.05, 4.69) is 16.9 Å². The molecule has 0 fully saturated rings. The van der Waals surface area contributed by atoms with Crippen LogP contribution in [0.2, 0.25) is 5.02 Å². The van der Waals surface area contributed by atoms with Gasteiger partial charge in [-0.1, -0.05) is 30.7 Å². The van der Waals surface area contributed by atoms with Crippen LogP contribution in [0.1, 0.15) is 24.4 Å². The van der Waals surface area contributed by atoms with Gasteiger partial charge in [-0.15, -0.1) is 11.3 Å². The smallest absolute Gasteiger partial charge is 0.332 e. The molecule has 0 aliphatic rings. The van der Waals surface area contributed by atoms with Gasteiger partial charge < -0.3 is 5.84 Å². The van der Waals surface area contributed by atoms with Crippen LogP contribution in [-0.4, -0.2) is 18.8 Å². The van der Waals surface area contributed by atoms with E-state index in [-0.39, 0.29) is 18.7 Å². The second-order valence-corrected chi connectivity index (χ2v) is 8.47. The SMILES string of the molecule is CCc1nc2ccc(N=c3n(N)c(=O)n(CC)c(=O)n3Cc3ccc(Cl)cc3)cc2s1. The highest BCUT2D eigenvalue weighted by atomic mass is 35.5. The van der Waals surface area contributed by atoms with Crippen LogP contribution < -0.4 is 22.8 Å². The van der Waals surface area contributed by atoms with Crippen molar-refractivity contribution in [3.05, 3.63) is 84.6 Å². The molecule has 0 radical (unpaired) electrons. The predicted molar refractivity (Wildman–Crippen MR) is 124 cm³/mol. The summed E-state index contributed by atoms with van der Waals surface area (Å²) in [5.74, 6) is 6.09. The molecule has 10 heteroatoms. The summed E-state index contributed by atoms with van der Waals surface area (Å²) in [6.45, 7) is 4.16. The van der Waals surface area contributed by atoms with Gasteiger partial charge in [0.1, 0.15) is 0 Å². The molecule has 2 N–H and O–H groups in total. The minimum absolute atomic E-state index is 0.0641. The number of fused-ring (bicyclic) bond motifs is 1. The number of rotatable bonds is 5. The molecule has 0 spiro atoms. The fourth-order valence-corrected chi connectivity index (χ4v) is 4.32. The summed E-state index contributed by atoms with van der Waals surface area (Å²) in [5, 5.41) is 1.63. The summed E-state index contributed by atoms with van der Waals surface area (Å²) in [6, 6.07) is 12.7. The minimum Gasteiger partial charge on any atom is -0.332 e. The lowest BCUT2D eigenvalue weighted by molar-refractivity contribution is 0.504. The van der Waals surface area contributed by atoms with Gasteiger partial charge in [-0.2, -0.15) is 4.68 Å². The average molecular weight is 457 g/mol. The Morgan fingerprint density at radius 1 is 1.06 bits per heavy atom. The number of hydrogen-bond acceptors (Lipinski definition) is 6. The Kier molecular flexibility index (Phi) is 5.79. The van der Waals surface area contributed by atoms with Crippen molar-refractivity contribution < 1.29 is 0 Å². The van der Waals surface area contributed by atoms with Gasteiger partial charge in [0.2, 0.25) is 5.62 Å². The van der Waals surface area contributed by atoms with Crippen LogP contribution in [0.5, 0.6) is 0 Å². The van der Waals surface area contributed by atoms with Crippen molar-refractivity contribution in [3.63, 3.8) is 0 Å². The molecular weight excluding hydrogens is 436 g/mol. The first-order valence-electron chi connectivity index (χ1n) is 9.81. The van der Waals surface area contributed by atoms with Gasteiger partial charge in [0.25, 0.3) is 0 Å². The van der Waals surface area contributed by atoms with Crippen LogP contribution in [-0.2, 0) is 19.5 Å². The summed E-state index contributed by atoms with van der Waals surface area (Å²) in [7, 11) is 0. The van der Waals surface area contributed by atoms with Gasteiger partial charge in [0.05, 0.1) is 27.5 Å². The highest BCUT2D eigenvalue weighted by molar-refractivity contribution is 7.18. The molecule has 0 unspecified atom stereocenters. The average Bonchev–Trinajstić information content (AvgIpc) is 3.19. The number of benzene rings is 2. The Labute approximate surface area is 186 Å². The molecule has 2 aromatic carbocycles. The molecule has 0 bridgehead atoms. The minimum atomic E-state index is -0.620. The zero-order valence-electron chi connectivity index (χ0n) is 17.1. The molecule has 0 saturated carbocycles. The van der Waals surface area contributed by atoms with Crippen molar-refractivity contribution in [1.82, 2.24) is 18.8 Å². The van der Waals surface area contributed by atoms with Crippen LogP contribution in [0.25, 0.3) is 10.2 Å². The van der Waals surface area contributed by atoms with Gasteiger partial charge >= 0.3 is 11.4 Å². The number of aromatic nitrogens is 4. The maximum Gasteiger partial charge on any atom is 0.353 e. The van der Waals surface area contributed by atoms with Crippen LogP contribution in [0.3, 0.4) is 0 Å². The van der Waals surface area contributed by atoms with E-state index in [0.29, 0.717) is 10.7 Å². The number of aryl methyl sites for hydroxylation is 1. The summed E-state index contributed by atoms with van der Waals surface area (Å²) < 4.78 is 4.36. The number of thiazole rings is 1. The fourth-order valence-electron chi connectivity index (χ4n) is 3.25. The lowest BCUT2D eigenvalue weighted by Crippen LogP contribution is -2.57. The van der Waals surface area contributed by atoms with E-state index < -0.39 is 11.4 Å². The quantitative estimate of drug-likeness (QED) is 0.466. The van der Waals surface area contributed by atoms with Crippen molar-refractivity contribution in [1.29, 1.82) is 0 Å². The number of nitrogen functional groups attached to an aromatic ring is 1. The van der Waals surface area contributed by atoms with Crippen LogP contribution in [0, 0.1) is 0 Å². The molecule has 0 aliphatic carbocycles. The topological polar surface area (TPSA) is 100 Å². The van der Waals surface area contributed by atoms with Gasteiger partial charge in [0.15, 0.2) is 0 Å². The first-order valence-corrected chi connectivity index (χ1v) is 11.0. The number of halogens is 1. The first-order chi connectivity index (χ1) is 14.9. The monoisotopic (exact) mass is 456 g/mol. The normalized spacial score (nSPS) is 12.0. The van der Waals surface area contributed by atoms with Crippen molar-refractivity contribution >= 4 is 38.8 Å². The van der Waals surface area contributed by atoms with Gasteiger partial charge in [-0.25, -0.2) is 24.1 Å². The Morgan fingerprint density at radius 3 is 2.48 bits per heavy atom. The first kappa shape index (κ1) is 21.1. The largest absolute Gasteiger partial charge is 0.353 e. The maximum atomic E-state index is 13.1. The molecule has 31 heavy (non-hydrogen) atoms. The van der Waals surface area contributed by atoms with E-state index in [1.807, 2.05) is 24.3 Å². The van der Waals surface area contributed by atoms with Crippen LogP contribution >= 0.6 is 22.9 Å². The van der Waals surface area contributed by atoms with Crippen molar-refractivity contribution in [3.8, 4) is 0 Å². The van der Waals surface area contributed by atoms with E-state index in [1.165, 1.54) is 4.57 Å². The van der Waals surface area contributed by atoms with Crippen molar-refractivity contribution in [2.45, 2.75) is 33.4 Å². The number of nitrogens with two attached hydrogens (primary N) is 1. The lowest BCUT2D eigenvalue weighted by Gasteiger charge is -2.13. The van der Waals surface area contributed by atoms with Gasteiger partial charge in [-0.3, -0.25) is 4.57 Å². The number of nitrogens with zero attached hydrogens (tertiary/aromatic N) is 5. The third-order valence-electron chi connectivity index (χ3n) is 4.87. The molecule has 0 saturated heterocycles. The molecule has 0 aliphatic heterocycles. The van der Waals surface area contributed by atoms with E-state index in [9.17, 15) is 9.59 Å². The predicted octanol–water partition coefficient (Wildman–Crippen LogP) is 2.65. The molecule has 4 aromatic rings. The molecule has 8 nitrogen and oxygen atoms in total. The highest BCUT2D eigenvalue weighted by Gasteiger charge is 2.13. The van der Waals surface area contributed by atoms with Gasteiger partial charge in [-0.05, 0) is 49.2 Å². The van der Waals surface area contributed by atoms with E-state index in [4.69, 9.17) is 17.4 Å². The maximum absolute atomic E-state index is 13.1. The fraction of sp³-hybridized carbons (Fsp3) is 0.238. The molecular formula is C21H21ClN6O2S. The molecule has 0 atom stereocenters. The third-order valence-corrected chi connectivity index (χ3v) is 6.29. The lowest BCUT2D eigenvalue weighted by atomic mass is 10.2. The van der Waals surface area contributed by atoms with E-state index >= 15 is 0 Å². The molecule has 4 rings (SSSR count). The zero-order valence-corrected chi connectivity index (χ0v) is 18.7. The molecule has 0 amide bonds. The Morgan fingerprint density at radius 2 is 1.81 bits per heavy atom. The summed E-state index contributed by atoms with van der Waals surface area (Å²) in [5.41, 5.74) is 1.27. The number of hydrogen-bond donors (Lipinski definition) is 1. The molecule has 2 heterocycles. The Balaban J connectivity index is 1.94. The highest BCUT2D eigenvalue weighted by Crippen LogP contribution is 2.26. The molecule has 2 aromatic heterocycles.